The van der Waals surface area contributed by atoms with Gasteiger partial charge in [-0.25, -0.2) is 4.39 Å². The fourth-order valence-corrected chi connectivity index (χ4v) is 2.29. The molecule has 1 aromatic carbocycles. The maximum Gasteiger partial charge on any atom is 0.267 e. The molecule has 0 radical (unpaired) electrons. The van der Waals surface area contributed by atoms with E-state index < -0.39 is 0 Å². The maximum absolute atomic E-state index is 13.4. The van der Waals surface area contributed by atoms with Gasteiger partial charge in [-0.2, -0.15) is 0 Å². The number of halogens is 1. The van der Waals surface area contributed by atoms with Crippen LogP contribution in [0.5, 0.6) is 0 Å². The van der Waals surface area contributed by atoms with E-state index in [1.807, 2.05) is 44.4 Å². The van der Waals surface area contributed by atoms with Crippen molar-refractivity contribution >= 4 is 5.91 Å². The molecule has 1 N–H and O–H groups in total. The van der Waals surface area contributed by atoms with Crippen molar-refractivity contribution in [2.24, 2.45) is 7.05 Å². The molecule has 0 saturated heterocycles. The molecular formula is C16H20FN3O. The van der Waals surface area contributed by atoms with Crippen LogP contribution in [0.4, 0.5) is 4.39 Å². The molecule has 2 aromatic rings. The molecule has 1 unspecified atom stereocenters. The van der Waals surface area contributed by atoms with Crippen molar-refractivity contribution in [3.8, 4) is 0 Å². The second-order valence-corrected chi connectivity index (χ2v) is 5.25. The Hall–Kier alpha value is -2.14. The third-order valence-corrected chi connectivity index (χ3v) is 3.49. The number of carbonyl (C=O) groups is 1. The zero-order chi connectivity index (χ0) is 15.4. The van der Waals surface area contributed by atoms with Crippen LogP contribution in [0, 0.1) is 5.82 Å². The molecule has 0 aliphatic rings. The molecule has 2 rings (SSSR count). The third-order valence-electron chi connectivity index (χ3n) is 3.49. The van der Waals surface area contributed by atoms with Crippen LogP contribution in [0.15, 0.2) is 42.6 Å². The van der Waals surface area contributed by atoms with Crippen LogP contribution in [-0.2, 0) is 7.05 Å². The molecule has 21 heavy (non-hydrogen) atoms. The van der Waals surface area contributed by atoms with Gasteiger partial charge in [-0.3, -0.25) is 4.79 Å². The molecule has 0 bridgehead atoms. The predicted octanol–water partition coefficient (Wildman–Crippen LogP) is 2.20. The number of carbonyl (C=O) groups excluding carboxylic acids is 1. The molecule has 0 aliphatic carbocycles. The highest BCUT2D eigenvalue weighted by molar-refractivity contribution is 5.92. The summed E-state index contributed by atoms with van der Waals surface area (Å²) < 4.78 is 15.1. The van der Waals surface area contributed by atoms with E-state index in [9.17, 15) is 9.18 Å². The summed E-state index contributed by atoms with van der Waals surface area (Å²) in [6, 6.07) is 9.97. The fraction of sp³-hybridized carbons (Fsp3) is 0.312. The number of hydrogen-bond donors (Lipinski definition) is 1. The highest BCUT2D eigenvalue weighted by Gasteiger charge is 2.17. The molecule has 5 heteroatoms. The second kappa shape index (κ2) is 6.54. The lowest BCUT2D eigenvalue weighted by Gasteiger charge is -2.25. The normalized spacial score (nSPS) is 12.4. The van der Waals surface area contributed by atoms with Gasteiger partial charge in [-0.05, 0) is 43.9 Å². The molecule has 0 saturated carbocycles. The van der Waals surface area contributed by atoms with Crippen LogP contribution in [0.25, 0.3) is 0 Å². The van der Waals surface area contributed by atoms with Gasteiger partial charge in [-0.1, -0.05) is 12.1 Å². The third kappa shape index (κ3) is 3.70. The standard InChI is InChI=1S/C16H20FN3O/c1-19(2)15(12-6-4-7-13(17)10-12)11-18-16(21)14-8-5-9-20(14)3/h4-10,15H,11H2,1-3H3,(H,18,21). The first-order valence-electron chi connectivity index (χ1n) is 6.80. The summed E-state index contributed by atoms with van der Waals surface area (Å²) in [7, 11) is 5.64. The average Bonchev–Trinajstić information content (AvgIpc) is 2.85. The van der Waals surface area contributed by atoms with E-state index in [1.165, 1.54) is 12.1 Å². The van der Waals surface area contributed by atoms with E-state index in [4.69, 9.17) is 0 Å². The Morgan fingerprint density at radius 1 is 1.33 bits per heavy atom. The number of benzene rings is 1. The summed E-state index contributed by atoms with van der Waals surface area (Å²) in [6.07, 6.45) is 1.82. The largest absolute Gasteiger partial charge is 0.349 e. The van der Waals surface area contributed by atoms with Crippen molar-refractivity contribution in [3.05, 3.63) is 59.7 Å². The van der Waals surface area contributed by atoms with Crippen molar-refractivity contribution in [2.75, 3.05) is 20.6 Å². The first-order chi connectivity index (χ1) is 9.99. The Bertz CT molecular complexity index is 621. The lowest BCUT2D eigenvalue weighted by Crippen LogP contribution is -2.35. The number of nitrogens with zero attached hydrogens (tertiary/aromatic N) is 2. The van der Waals surface area contributed by atoms with E-state index in [0.717, 1.165) is 5.56 Å². The second-order valence-electron chi connectivity index (χ2n) is 5.25. The van der Waals surface area contributed by atoms with Crippen LogP contribution in [0.2, 0.25) is 0 Å². The smallest absolute Gasteiger partial charge is 0.267 e. The monoisotopic (exact) mass is 289 g/mol. The highest BCUT2D eigenvalue weighted by atomic mass is 19.1. The van der Waals surface area contributed by atoms with E-state index in [-0.39, 0.29) is 17.8 Å². The Balaban J connectivity index is 2.08. The molecule has 112 valence electrons. The summed E-state index contributed by atoms with van der Waals surface area (Å²) in [5.74, 6) is -0.404. The average molecular weight is 289 g/mol. The van der Waals surface area contributed by atoms with Gasteiger partial charge >= 0.3 is 0 Å². The number of nitrogens with one attached hydrogen (secondary N) is 1. The van der Waals surface area contributed by atoms with Crippen molar-refractivity contribution < 1.29 is 9.18 Å². The molecular weight excluding hydrogens is 269 g/mol. The Morgan fingerprint density at radius 3 is 2.67 bits per heavy atom. The summed E-state index contributed by atoms with van der Waals surface area (Å²) >= 11 is 0. The molecule has 0 aliphatic heterocycles. The van der Waals surface area contributed by atoms with Crippen LogP contribution >= 0.6 is 0 Å². The molecule has 1 atom stereocenters. The Kier molecular flexibility index (Phi) is 4.75. The lowest BCUT2D eigenvalue weighted by atomic mass is 10.1. The molecule has 1 amide bonds. The van der Waals surface area contributed by atoms with Gasteiger partial charge < -0.3 is 14.8 Å². The number of rotatable bonds is 5. The summed E-state index contributed by atoms with van der Waals surface area (Å²) in [5, 5.41) is 2.90. The first-order valence-corrected chi connectivity index (χ1v) is 6.80. The Labute approximate surface area is 124 Å². The lowest BCUT2D eigenvalue weighted by molar-refractivity contribution is 0.0934. The van der Waals surface area contributed by atoms with Gasteiger partial charge in [0.1, 0.15) is 11.5 Å². The van der Waals surface area contributed by atoms with Gasteiger partial charge in [0.15, 0.2) is 0 Å². The van der Waals surface area contributed by atoms with Crippen molar-refractivity contribution in [1.29, 1.82) is 0 Å². The number of amides is 1. The van der Waals surface area contributed by atoms with Gasteiger partial charge in [0.2, 0.25) is 0 Å². The number of hydrogen-bond acceptors (Lipinski definition) is 2. The number of likely N-dealkylation sites (N-methyl/N-ethyl adjacent to an activating group) is 1. The fourth-order valence-electron chi connectivity index (χ4n) is 2.29. The SMILES string of the molecule is CN(C)C(CNC(=O)c1cccn1C)c1cccc(F)c1. The van der Waals surface area contributed by atoms with E-state index in [1.54, 1.807) is 16.7 Å². The Morgan fingerprint density at radius 2 is 2.10 bits per heavy atom. The minimum absolute atomic E-state index is 0.0788. The minimum atomic E-state index is -0.270. The van der Waals surface area contributed by atoms with Gasteiger partial charge in [0.25, 0.3) is 5.91 Å². The summed E-state index contributed by atoms with van der Waals surface area (Å²) in [5.41, 5.74) is 1.44. The topological polar surface area (TPSA) is 37.3 Å². The van der Waals surface area contributed by atoms with Crippen LogP contribution in [0.3, 0.4) is 0 Å². The minimum Gasteiger partial charge on any atom is -0.349 e. The maximum atomic E-state index is 13.4. The van der Waals surface area contributed by atoms with E-state index in [0.29, 0.717) is 12.2 Å². The molecule has 1 aromatic heterocycles. The summed E-state index contributed by atoms with van der Waals surface area (Å²) in [4.78, 5) is 14.1. The zero-order valence-corrected chi connectivity index (χ0v) is 12.5. The van der Waals surface area contributed by atoms with Gasteiger partial charge in [0, 0.05) is 19.8 Å². The predicted molar refractivity (Wildman–Crippen MR) is 80.6 cm³/mol. The van der Waals surface area contributed by atoms with E-state index in [2.05, 4.69) is 5.32 Å². The van der Waals surface area contributed by atoms with E-state index >= 15 is 0 Å². The van der Waals surface area contributed by atoms with Crippen molar-refractivity contribution in [2.45, 2.75) is 6.04 Å². The first kappa shape index (κ1) is 15.3. The van der Waals surface area contributed by atoms with Crippen LogP contribution in [-0.4, -0.2) is 36.0 Å². The van der Waals surface area contributed by atoms with Gasteiger partial charge in [0.05, 0.1) is 6.04 Å². The molecule has 4 nitrogen and oxygen atoms in total. The van der Waals surface area contributed by atoms with Crippen LogP contribution < -0.4 is 5.32 Å². The van der Waals surface area contributed by atoms with Crippen molar-refractivity contribution in [3.63, 3.8) is 0 Å². The quantitative estimate of drug-likeness (QED) is 0.916. The molecule has 0 fully saturated rings. The van der Waals surface area contributed by atoms with Crippen molar-refractivity contribution in [1.82, 2.24) is 14.8 Å². The molecule has 1 heterocycles. The van der Waals surface area contributed by atoms with Crippen LogP contribution in [0.1, 0.15) is 22.1 Å². The number of aromatic nitrogens is 1. The zero-order valence-electron chi connectivity index (χ0n) is 12.5. The molecule has 0 spiro atoms. The highest BCUT2D eigenvalue weighted by Crippen LogP contribution is 2.18. The summed E-state index contributed by atoms with van der Waals surface area (Å²) in [6.45, 7) is 0.417. The van der Waals surface area contributed by atoms with Gasteiger partial charge in [-0.15, -0.1) is 0 Å². The number of aryl methyl sites for hydroxylation is 1.